The number of fused-ring (bicyclic) bond motifs is 1. The lowest BCUT2D eigenvalue weighted by atomic mass is 9.84. The second-order valence-electron chi connectivity index (χ2n) is 12.5. The molecule has 2 aliphatic heterocycles. The molecule has 0 unspecified atom stereocenters. The molecule has 2 aromatic rings. The van der Waals surface area contributed by atoms with Crippen molar-refractivity contribution in [3.05, 3.63) is 52.3 Å². The second-order valence-corrected chi connectivity index (χ2v) is 12.5. The normalized spacial score (nSPS) is 17.0. The second kappa shape index (κ2) is 12.8. The van der Waals surface area contributed by atoms with Gasteiger partial charge in [-0.15, -0.1) is 17.0 Å². The van der Waals surface area contributed by atoms with Crippen molar-refractivity contribution in [2.24, 2.45) is 5.92 Å². The number of carbonyl (C=O) groups excluding carboxylic acids is 1. The van der Waals surface area contributed by atoms with Gasteiger partial charge >= 0.3 is 5.97 Å². The van der Waals surface area contributed by atoms with Crippen LogP contribution in [0.5, 0.6) is 5.75 Å². The molecule has 1 saturated heterocycles. The van der Waals surface area contributed by atoms with Gasteiger partial charge in [-0.1, -0.05) is 26.8 Å². The molecule has 224 valence electrons. The Balaban J connectivity index is 0.00000405. The standard InChI is InChI=1S/C32H39N5O4.BrH/c1-32(2,3)24-15-23(27(38)19-37-18-22-8-9-25(21-6-7-21)35-29(22)31(37)34)16-26(30(24)41-14-4-5-28(39)40)36-12-10-20(17-33)11-13-36;/h8-9,15-16,20-21,34H,4-7,10-14,18-19H2,1-3H3,(H,39,40);1H. The number of pyridine rings is 1. The van der Waals surface area contributed by atoms with Crippen LogP contribution < -0.4 is 9.64 Å². The number of nitrogens with zero attached hydrogens (tertiary/aromatic N) is 4. The minimum Gasteiger partial charge on any atom is -0.491 e. The summed E-state index contributed by atoms with van der Waals surface area (Å²) in [4.78, 5) is 33.6. The zero-order valence-corrected chi connectivity index (χ0v) is 26.3. The quantitative estimate of drug-likeness (QED) is 0.245. The van der Waals surface area contributed by atoms with Crippen molar-refractivity contribution in [2.75, 3.05) is 31.1 Å². The largest absolute Gasteiger partial charge is 0.491 e. The molecule has 0 amide bonds. The van der Waals surface area contributed by atoms with E-state index in [1.54, 1.807) is 4.90 Å². The number of Topliss-reactive ketones (excluding diaryl/α,β-unsaturated/α-hetero) is 1. The number of amidine groups is 1. The molecule has 10 heteroatoms. The number of aliphatic carboxylic acids is 1. The number of benzene rings is 1. The number of piperidine rings is 1. The topological polar surface area (TPSA) is 131 Å². The first-order valence-corrected chi connectivity index (χ1v) is 14.6. The third-order valence-corrected chi connectivity index (χ3v) is 8.23. The van der Waals surface area contributed by atoms with Gasteiger partial charge in [-0.25, -0.2) is 4.98 Å². The van der Waals surface area contributed by atoms with Crippen LogP contribution in [-0.4, -0.2) is 58.8 Å². The Morgan fingerprint density at radius 3 is 2.50 bits per heavy atom. The summed E-state index contributed by atoms with van der Waals surface area (Å²) in [5.41, 5.74) is 4.60. The molecule has 5 rings (SSSR count). The van der Waals surface area contributed by atoms with E-state index in [2.05, 4.69) is 37.8 Å². The third kappa shape index (κ3) is 6.95. The van der Waals surface area contributed by atoms with Crippen molar-refractivity contribution in [2.45, 2.75) is 77.2 Å². The van der Waals surface area contributed by atoms with E-state index in [0.717, 1.165) is 48.2 Å². The number of nitriles is 1. The molecular formula is C32H40BrN5O4. The van der Waals surface area contributed by atoms with Gasteiger partial charge in [0.1, 0.15) is 17.3 Å². The van der Waals surface area contributed by atoms with Gasteiger partial charge in [-0.3, -0.25) is 15.0 Å². The molecule has 1 aromatic carbocycles. The van der Waals surface area contributed by atoms with Crippen LogP contribution in [0.1, 0.15) is 98.1 Å². The van der Waals surface area contributed by atoms with Gasteiger partial charge in [-0.2, -0.15) is 5.26 Å². The Bertz CT molecular complexity index is 1400. The first-order valence-electron chi connectivity index (χ1n) is 14.6. The number of carboxylic acids is 1. The highest BCUT2D eigenvalue weighted by Crippen LogP contribution is 2.42. The van der Waals surface area contributed by atoms with Crippen LogP contribution >= 0.6 is 17.0 Å². The molecule has 2 fully saturated rings. The summed E-state index contributed by atoms with van der Waals surface area (Å²) in [5.74, 6) is 0.534. The Kier molecular flexibility index (Phi) is 9.61. The lowest BCUT2D eigenvalue weighted by Gasteiger charge is -2.35. The fraction of sp³-hybridized carbons (Fsp3) is 0.531. The minimum absolute atomic E-state index is 0. The van der Waals surface area contributed by atoms with Crippen molar-refractivity contribution >= 4 is 40.3 Å². The summed E-state index contributed by atoms with van der Waals surface area (Å²) in [7, 11) is 0. The Hall–Kier alpha value is -3.45. The Morgan fingerprint density at radius 2 is 1.88 bits per heavy atom. The van der Waals surface area contributed by atoms with E-state index in [-0.39, 0.29) is 53.7 Å². The van der Waals surface area contributed by atoms with Crippen molar-refractivity contribution in [3.63, 3.8) is 0 Å². The van der Waals surface area contributed by atoms with Crippen LogP contribution in [0.2, 0.25) is 0 Å². The molecule has 0 spiro atoms. The predicted molar refractivity (Wildman–Crippen MR) is 166 cm³/mol. The van der Waals surface area contributed by atoms with E-state index in [4.69, 9.17) is 20.2 Å². The maximum atomic E-state index is 13.8. The molecule has 0 bridgehead atoms. The van der Waals surface area contributed by atoms with E-state index < -0.39 is 5.97 Å². The maximum absolute atomic E-state index is 13.8. The number of carbonyl (C=O) groups is 2. The summed E-state index contributed by atoms with van der Waals surface area (Å²) in [6.45, 7) is 8.38. The van der Waals surface area contributed by atoms with Gasteiger partial charge in [0.05, 0.1) is 24.9 Å². The average molecular weight is 639 g/mol. The summed E-state index contributed by atoms with van der Waals surface area (Å²) >= 11 is 0. The van der Waals surface area contributed by atoms with Gasteiger partial charge in [0.25, 0.3) is 0 Å². The predicted octanol–water partition coefficient (Wildman–Crippen LogP) is 5.84. The number of hydrogen-bond acceptors (Lipinski definition) is 7. The van der Waals surface area contributed by atoms with Crippen LogP contribution in [-0.2, 0) is 16.8 Å². The number of carboxylic acid groups (broad SMARTS) is 1. The van der Waals surface area contributed by atoms with Crippen LogP contribution in [0.15, 0.2) is 24.3 Å². The van der Waals surface area contributed by atoms with E-state index in [9.17, 15) is 14.9 Å². The number of halogens is 1. The molecular weight excluding hydrogens is 598 g/mol. The monoisotopic (exact) mass is 637 g/mol. The fourth-order valence-electron chi connectivity index (χ4n) is 5.64. The van der Waals surface area contributed by atoms with Gasteiger partial charge in [0.2, 0.25) is 0 Å². The maximum Gasteiger partial charge on any atom is 0.303 e. The number of ketones is 1. The molecule has 2 N–H and O–H groups in total. The number of ether oxygens (including phenoxy) is 1. The number of anilines is 1. The number of aromatic nitrogens is 1. The van der Waals surface area contributed by atoms with E-state index in [0.29, 0.717) is 54.8 Å². The molecule has 0 atom stereocenters. The van der Waals surface area contributed by atoms with Crippen molar-refractivity contribution in [3.8, 4) is 11.8 Å². The summed E-state index contributed by atoms with van der Waals surface area (Å²) in [6, 6.07) is 10.3. The van der Waals surface area contributed by atoms with Crippen LogP contribution in [0.25, 0.3) is 0 Å². The Morgan fingerprint density at radius 1 is 1.17 bits per heavy atom. The smallest absolute Gasteiger partial charge is 0.303 e. The van der Waals surface area contributed by atoms with E-state index in [1.807, 2.05) is 18.2 Å². The molecule has 1 aromatic heterocycles. The SMILES string of the molecule is Br.CC(C)(C)c1cc(C(=O)CN2Cc3ccc(C4CC4)nc3C2=N)cc(N2CCC(C#N)CC2)c1OCCCC(=O)O. The van der Waals surface area contributed by atoms with Gasteiger partial charge in [0.15, 0.2) is 5.78 Å². The highest BCUT2D eigenvalue weighted by molar-refractivity contribution is 8.93. The van der Waals surface area contributed by atoms with Crippen LogP contribution in [0.4, 0.5) is 5.69 Å². The van der Waals surface area contributed by atoms with Crippen LogP contribution in [0.3, 0.4) is 0 Å². The highest BCUT2D eigenvalue weighted by Gasteiger charge is 2.33. The lowest BCUT2D eigenvalue weighted by Crippen LogP contribution is -2.34. The highest BCUT2D eigenvalue weighted by atomic mass is 79.9. The summed E-state index contributed by atoms with van der Waals surface area (Å²) in [5, 5.41) is 27.3. The summed E-state index contributed by atoms with van der Waals surface area (Å²) in [6.07, 6.45) is 4.16. The lowest BCUT2D eigenvalue weighted by molar-refractivity contribution is -0.137. The van der Waals surface area contributed by atoms with Crippen molar-refractivity contribution in [1.82, 2.24) is 9.88 Å². The van der Waals surface area contributed by atoms with E-state index in [1.165, 1.54) is 0 Å². The zero-order chi connectivity index (χ0) is 29.3. The number of nitrogens with one attached hydrogen (secondary N) is 1. The average Bonchev–Trinajstić information content (AvgIpc) is 3.75. The molecule has 3 aliphatic rings. The molecule has 3 heterocycles. The van der Waals surface area contributed by atoms with Crippen molar-refractivity contribution < 1.29 is 19.4 Å². The molecule has 0 radical (unpaired) electrons. The van der Waals surface area contributed by atoms with Crippen LogP contribution in [0, 0.1) is 22.7 Å². The Labute approximate surface area is 258 Å². The molecule has 42 heavy (non-hydrogen) atoms. The molecule has 1 aliphatic carbocycles. The van der Waals surface area contributed by atoms with Crippen molar-refractivity contribution in [1.29, 1.82) is 10.7 Å². The number of rotatable bonds is 10. The van der Waals surface area contributed by atoms with Gasteiger partial charge < -0.3 is 19.6 Å². The van der Waals surface area contributed by atoms with Gasteiger partial charge in [0, 0.05) is 60.3 Å². The van der Waals surface area contributed by atoms with E-state index >= 15 is 0 Å². The first-order chi connectivity index (χ1) is 19.5. The third-order valence-electron chi connectivity index (χ3n) is 8.23. The summed E-state index contributed by atoms with van der Waals surface area (Å²) < 4.78 is 6.28. The fourth-order valence-corrected chi connectivity index (χ4v) is 5.64. The first kappa shape index (κ1) is 31.5. The molecule has 1 saturated carbocycles. The molecule has 9 nitrogen and oxygen atoms in total. The van der Waals surface area contributed by atoms with Gasteiger partial charge in [-0.05, 0) is 55.7 Å². The number of hydrogen-bond donors (Lipinski definition) is 2. The zero-order valence-electron chi connectivity index (χ0n) is 24.6. The minimum atomic E-state index is -0.863.